The minimum absolute atomic E-state index is 0.261. The molecule has 0 bridgehead atoms. The Hall–Kier alpha value is -1.16. The fraction of sp³-hybridized carbons (Fsp3) is 0.364. The summed E-state index contributed by atoms with van der Waals surface area (Å²) in [5, 5.41) is 0. The number of benzene rings is 1. The van der Waals surface area contributed by atoms with Crippen LogP contribution < -0.4 is 10.5 Å². The van der Waals surface area contributed by atoms with Crippen LogP contribution in [0.5, 0.6) is 5.75 Å². The van der Waals surface area contributed by atoms with Gasteiger partial charge < -0.3 is 10.5 Å². The Labute approximate surface area is 94.0 Å². The maximum absolute atomic E-state index is 10.5. The van der Waals surface area contributed by atoms with Crippen LogP contribution in [0.15, 0.2) is 29.2 Å². The third-order valence-corrected chi connectivity index (χ3v) is 2.73. The van der Waals surface area contributed by atoms with Crippen molar-refractivity contribution >= 4 is 17.7 Å². The van der Waals surface area contributed by atoms with Gasteiger partial charge in [0.05, 0.1) is 6.61 Å². The molecule has 0 aromatic heterocycles. The van der Waals surface area contributed by atoms with Gasteiger partial charge in [-0.05, 0) is 25.1 Å². The Morgan fingerprint density at radius 1 is 1.53 bits per heavy atom. The second kappa shape index (κ2) is 6.35. The number of nitrogens with two attached hydrogens (primary N) is 1. The molecule has 1 aromatic rings. The van der Waals surface area contributed by atoms with Gasteiger partial charge in [0.2, 0.25) is 5.91 Å². The predicted molar refractivity (Wildman–Crippen MR) is 62.1 cm³/mol. The number of ether oxygens (including phenoxy) is 1. The van der Waals surface area contributed by atoms with E-state index >= 15 is 0 Å². The fourth-order valence-corrected chi connectivity index (χ4v) is 2.00. The van der Waals surface area contributed by atoms with Gasteiger partial charge in [-0.25, -0.2) is 0 Å². The van der Waals surface area contributed by atoms with Crippen molar-refractivity contribution in [3.63, 3.8) is 0 Å². The fourth-order valence-electron chi connectivity index (χ4n) is 1.09. The first-order valence-corrected chi connectivity index (χ1v) is 5.85. The average Bonchev–Trinajstić information content (AvgIpc) is 2.18. The topological polar surface area (TPSA) is 52.3 Å². The lowest BCUT2D eigenvalue weighted by molar-refractivity contribution is -0.117. The molecule has 0 aliphatic heterocycles. The molecule has 4 heteroatoms. The first-order valence-electron chi connectivity index (χ1n) is 4.86. The number of primary amides is 1. The molecule has 0 unspecified atom stereocenters. The molecular formula is C11H15NO2S. The van der Waals surface area contributed by atoms with E-state index in [9.17, 15) is 4.79 Å². The Morgan fingerprint density at radius 3 is 3.00 bits per heavy atom. The van der Waals surface area contributed by atoms with Crippen molar-refractivity contribution in [2.75, 3.05) is 12.4 Å². The minimum atomic E-state index is -0.261. The second-order valence-electron chi connectivity index (χ2n) is 2.97. The first kappa shape index (κ1) is 11.9. The van der Waals surface area contributed by atoms with Crippen LogP contribution in [-0.4, -0.2) is 18.3 Å². The summed E-state index contributed by atoms with van der Waals surface area (Å²) in [5.41, 5.74) is 5.06. The Morgan fingerprint density at radius 2 is 2.33 bits per heavy atom. The van der Waals surface area contributed by atoms with Crippen LogP contribution in [0.25, 0.3) is 0 Å². The van der Waals surface area contributed by atoms with E-state index in [4.69, 9.17) is 10.5 Å². The summed E-state index contributed by atoms with van der Waals surface area (Å²) in [5.74, 6) is 1.32. The van der Waals surface area contributed by atoms with E-state index in [0.717, 1.165) is 10.6 Å². The van der Waals surface area contributed by atoms with Crippen LogP contribution in [0.2, 0.25) is 0 Å². The van der Waals surface area contributed by atoms with E-state index in [2.05, 4.69) is 0 Å². The first-order chi connectivity index (χ1) is 7.22. The van der Waals surface area contributed by atoms with Crippen LogP contribution in [0.3, 0.4) is 0 Å². The number of carbonyl (C=O) groups excluding carboxylic acids is 1. The number of hydrogen-bond donors (Lipinski definition) is 1. The lowest BCUT2D eigenvalue weighted by atomic mass is 10.3. The van der Waals surface area contributed by atoms with Crippen LogP contribution >= 0.6 is 11.8 Å². The molecule has 0 radical (unpaired) electrons. The maximum atomic E-state index is 10.5. The van der Waals surface area contributed by atoms with Gasteiger partial charge in [0, 0.05) is 17.1 Å². The monoisotopic (exact) mass is 225 g/mol. The zero-order valence-corrected chi connectivity index (χ0v) is 9.55. The molecule has 0 spiro atoms. The third kappa shape index (κ3) is 4.74. The van der Waals surface area contributed by atoms with Gasteiger partial charge in [-0.2, -0.15) is 0 Å². The standard InChI is InChI=1S/C11H15NO2S/c1-2-14-9-4-3-5-10(8-9)15-7-6-11(12)13/h3-5,8H,2,6-7H2,1H3,(H2,12,13). The molecule has 0 fully saturated rings. The van der Waals surface area contributed by atoms with Crippen LogP contribution in [0, 0.1) is 0 Å². The molecule has 1 rings (SSSR count). The van der Waals surface area contributed by atoms with E-state index in [0.29, 0.717) is 18.8 Å². The number of hydrogen-bond acceptors (Lipinski definition) is 3. The molecule has 0 aliphatic rings. The van der Waals surface area contributed by atoms with Crippen LogP contribution in [0.1, 0.15) is 13.3 Å². The highest BCUT2D eigenvalue weighted by atomic mass is 32.2. The summed E-state index contributed by atoms with van der Waals surface area (Å²) in [4.78, 5) is 11.6. The molecule has 15 heavy (non-hydrogen) atoms. The summed E-state index contributed by atoms with van der Waals surface area (Å²) < 4.78 is 5.37. The lowest BCUT2D eigenvalue weighted by Crippen LogP contribution is -2.10. The Balaban J connectivity index is 2.46. The van der Waals surface area contributed by atoms with Gasteiger partial charge in [0.1, 0.15) is 5.75 Å². The van der Waals surface area contributed by atoms with Crippen molar-refractivity contribution in [3.05, 3.63) is 24.3 Å². The Bertz CT molecular complexity index is 328. The van der Waals surface area contributed by atoms with Crippen molar-refractivity contribution in [2.45, 2.75) is 18.2 Å². The normalized spacial score (nSPS) is 9.93. The highest BCUT2D eigenvalue weighted by Crippen LogP contribution is 2.23. The SMILES string of the molecule is CCOc1cccc(SCCC(N)=O)c1. The zero-order chi connectivity index (χ0) is 11.1. The van der Waals surface area contributed by atoms with Crippen molar-refractivity contribution in [1.29, 1.82) is 0 Å². The molecule has 0 atom stereocenters. The molecule has 3 nitrogen and oxygen atoms in total. The molecule has 0 aliphatic carbocycles. The molecule has 2 N–H and O–H groups in total. The van der Waals surface area contributed by atoms with Gasteiger partial charge in [0.25, 0.3) is 0 Å². The highest BCUT2D eigenvalue weighted by Gasteiger charge is 1.99. The van der Waals surface area contributed by atoms with Crippen molar-refractivity contribution in [2.24, 2.45) is 5.73 Å². The van der Waals surface area contributed by atoms with E-state index in [1.165, 1.54) is 0 Å². The third-order valence-electron chi connectivity index (χ3n) is 1.73. The van der Waals surface area contributed by atoms with Crippen molar-refractivity contribution < 1.29 is 9.53 Å². The predicted octanol–water partition coefficient (Wildman–Crippen LogP) is 2.05. The van der Waals surface area contributed by atoms with Crippen LogP contribution in [0.4, 0.5) is 0 Å². The van der Waals surface area contributed by atoms with Gasteiger partial charge in [0.15, 0.2) is 0 Å². The minimum Gasteiger partial charge on any atom is -0.494 e. The summed E-state index contributed by atoms with van der Waals surface area (Å²) in [6.07, 6.45) is 0.406. The lowest BCUT2D eigenvalue weighted by Gasteiger charge is -2.05. The number of amides is 1. The molecule has 82 valence electrons. The average molecular weight is 225 g/mol. The zero-order valence-electron chi connectivity index (χ0n) is 8.73. The molecule has 1 aromatic carbocycles. The molecule has 0 saturated heterocycles. The second-order valence-corrected chi connectivity index (χ2v) is 4.14. The molecular weight excluding hydrogens is 210 g/mol. The van der Waals surface area contributed by atoms with Gasteiger partial charge in [-0.1, -0.05) is 6.07 Å². The van der Waals surface area contributed by atoms with Crippen molar-refractivity contribution in [1.82, 2.24) is 0 Å². The van der Waals surface area contributed by atoms with E-state index < -0.39 is 0 Å². The summed E-state index contributed by atoms with van der Waals surface area (Å²) in [7, 11) is 0. The van der Waals surface area contributed by atoms with Crippen LogP contribution in [-0.2, 0) is 4.79 Å². The van der Waals surface area contributed by atoms with Gasteiger partial charge in [-0.3, -0.25) is 4.79 Å². The number of thioether (sulfide) groups is 1. The Kier molecular flexibility index (Phi) is 5.04. The maximum Gasteiger partial charge on any atom is 0.218 e. The van der Waals surface area contributed by atoms with E-state index in [1.54, 1.807) is 11.8 Å². The smallest absolute Gasteiger partial charge is 0.218 e. The highest BCUT2D eigenvalue weighted by molar-refractivity contribution is 7.99. The van der Waals surface area contributed by atoms with E-state index in [-0.39, 0.29) is 5.91 Å². The summed E-state index contributed by atoms with van der Waals surface area (Å²) >= 11 is 1.61. The van der Waals surface area contributed by atoms with E-state index in [1.807, 2.05) is 31.2 Å². The summed E-state index contributed by atoms with van der Waals surface area (Å²) in [6, 6.07) is 7.82. The molecule has 0 saturated carbocycles. The molecule has 1 amide bonds. The summed E-state index contributed by atoms with van der Waals surface area (Å²) in [6.45, 7) is 2.61. The van der Waals surface area contributed by atoms with Crippen molar-refractivity contribution in [3.8, 4) is 5.75 Å². The number of carbonyl (C=O) groups is 1. The largest absolute Gasteiger partial charge is 0.494 e. The van der Waals surface area contributed by atoms with Gasteiger partial charge >= 0.3 is 0 Å². The number of rotatable bonds is 6. The van der Waals surface area contributed by atoms with Gasteiger partial charge in [-0.15, -0.1) is 11.8 Å². The molecule has 0 heterocycles. The quantitative estimate of drug-likeness (QED) is 0.754.